The van der Waals surface area contributed by atoms with Gasteiger partial charge in [0, 0.05) is 44.2 Å². The number of rotatable bonds is 9. The molecule has 0 bridgehead atoms. The van der Waals surface area contributed by atoms with E-state index in [9.17, 15) is 4.79 Å². The maximum atomic E-state index is 11.2. The standard InChI is InChI=1S/C21H42N6O.HI/c1-5-23-21(25-19-15-27(16(2)3)14-17(19)4)24-10-6-7-11-26-12-8-18(9-13-26)20(22)28;/h16-19H,5-15H2,1-4H3,(H2,22,28)(H2,23,24,25);1H. The van der Waals surface area contributed by atoms with E-state index < -0.39 is 0 Å². The number of unbranched alkanes of at least 4 members (excludes halogenated alkanes) is 1. The van der Waals surface area contributed by atoms with Crippen molar-refractivity contribution in [2.75, 3.05) is 45.8 Å². The summed E-state index contributed by atoms with van der Waals surface area (Å²) in [4.78, 5) is 21.0. The van der Waals surface area contributed by atoms with Gasteiger partial charge in [0.1, 0.15) is 0 Å². The van der Waals surface area contributed by atoms with E-state index in [2.05, 4.69) is 48.1 Å². The van der Waals surface area contributed by atoms with E-state index in [1.807, 2.05) is 0 Å². The van der Waals surface area contributed by atoms with E-state index in [1.165, 1.54) is 0 Å². The first-order valence-corrected chi connectivity index (χ1v) is 11.2. The topological polar surface area (TPSA) is 86.0 Å². The molecule has 4 N–H and O–H groups in total. The van der Waals surface area contributed by atoms with Crippen molar-refractivity contribution in [2.45, 2.75) is 65.5 Å². The van der Waals surface area contributed by atoms with Crippen LogP contribution in [-0.2, 0) is 4.79 Å². The molecule has 1 amide bonds. The van der Waals surface area contributed by atoms with Gasteiger partial charge in [-0.15, -0.1) is 24.0 Å². The second kappa shape index (κ2) is 13.6. The summed E-state index contributed by atoms with van der Waals surface area (Å²) < 4.78 is 0. The number of nitrogens with two attached hydrogens (primary N) is 1. The molecule has 8 heteroatoms. The van der Waals surface area contributed by atoms with Gasteiger partial charge in [-0.1, -0.05) is 6.92 Å². The molecule has 0 radical (unpaired) electrons. The zero-order chi connectivity index (χ0) is 20.5. The summed E-state index contributed by atoms with van der Waals surface area (Å²) >= 11 is 0. The smallest absolute Gasteiger partial charge is 0.220 e. The highest BCUT2D eigenvalue weighted by Gasteiger charge is 2.31. The molecule has 0 aromatic rings. The van der Waals surface area contributed by atoms with Gasteiger partial charge >= 0.3 is 0 Å². The van der Waals surface area contributed by atoms with Gasteiger partial charge in [-0.3, -0.25) is 14.7 Å². The predicted octanol–water partition coefficient (Wildman–Crippen LogP) is 1.87. The Morgan fingerprint density at radius 3 is 2.45 bits per heavy atom. The molecule has 2 rings (SSSR count). The van der Waals surface area contributed by atoms with Crippen molar-refractivity contribution in [3.8, 4) is 0 Å². The molecule has 2 heterocycles. The minimum atomic E-state index is -0.134. The van der Waals surface area contributed by atoms with E-state index >= 15 is 0 Å². The molecule has 0 aliphatic carbocycles. The number of halogens is 1. The lowest BCUT2D eigenvalue weighted by atomic mass is 9.96. The number of nitrogens with one attached hydrogen (secondary N) is 2. The normalized spacial score (nSPS) is 24.5. The van der Waals surface area contributed by atoms with Crippen molar-refractivity contribution in [2.24, 2.45) is 22.6 Å². The summed E-state index contributed by atoms with van der Waals surface area (Å²) in [5, 5.41) is 7.05. The molecular formula is C21H43IN6O. The molecule has 2 saturated heterocycles. The Kier molecular flexibility index (Phi) is 12.4. The third-order valence-corrected chi connectivity index (χ3v) is 6.18. The molecule has 2 aliphatic heterocycles. The fourth-order valence-electron chi connectivity index (χ4n) is 4.19. The lowest BCUT2D eigenvalue weighted by Gasteiger charge is -2.30. The monoisotopic (exact) mass is 522 g/mol. The van der Waals surface area contributed by atoms with Crippen LogP contribution in [0.4, 0.5) is 0 Å². The zero-order valence-electron chi connectivity index (χ0n) is 18.8. The summed E-state index contributed by atoms with van der Waals surface area (Å²) in [5.41, 5.74) is 5.41. The Morgan fingerprint density at radius 1 is 1.21 bits per heavy atom. The minimum absolute atomic E-state index is 0. The molecule has 29 heavy (non-hydrogen) atoms. The number of amides is 1. The number of primary amides is 1. The molecule has 0 saturated carbocycles. The molecule has 170 valence electrons. The van der Waals surface area contributed by atoms with E-state index in [-0.39, 0.29) is 35.8 Å². The summed E-state index contributed by atoms with van der Waals surface area (Å²) in [6.07, 6.45) is 4.06. The van der Waals surface area contributed by atoms with Gasteiger partial charge in [0.05, 0.1) is 0 Å². The maximum absolute atomic E-state index is 11.2. The minimum Gasteiger partial charge on any atom is -0.369 e. The first kappa shape index (κ1) is 26.4. The summed E-state index contributed by atoms with van der Waals surface area (Å²) in [7, 11) is 0. The number of guanidine groups is 1. The molecule has 0 aromatic carbocycles. The highest BCUT2D eigenvalue weighted by molar-refractivity contribution is 14.0. The van der Waals surface area contributed by atoms with Gasteiger partial charge < -0.3 is 21.3 Å². The van der Waals surface area contributed by atoms with E-state index in [4.69, 9.17) is 10.7 Å². The molecule has 2 aliphatic rings. The molecule has 7 nitrogen and oxygen atoms in total. The molecule has 2 fully saturated rings. The van der Waals surface area contributed by atoms with Gasteiger partial charge in [0.15, 0.2) is 5.96 Å². The zero-order valence-corrected chi connectivity index (χ0v) is 21.2. The van der Waals surface area contributed by atoms with Crippen molar-refractivity contribution in [1.29, 1.82) is 0 Å². The second-order valence-corrected chi connectivity index (χ2v) is 8.76. The summed E-state index contributed by atoms with van der Waals surface area (Å²) in [6.45, 7) is 16.0. The second-order valence-electron chi connectivity index (χ2n) is 8.76. The van der Waals surface area contributed by atoms with Crippen LogP contribution in [0.15, 0.2) is 4.99 Å². The van der Waals surface area contributed by atoms with Crippen LogP contribution < -0.4 is 16.4 Å². The fraction of sp³-hybridized carbons (Fsp3) is 0.905. The van der Waals surface area contributed by atoms with Crippen molar-refractivity contribution < 1.29 is 4.79 Å². The lowest BCUT2D eigenvalue weighted by molar-refractivity contribution is -0.123. The largest absolute Gasteiger partial charge is 0.369 e. The highest BCUT2D eigenvalue weighted by Crippen LogP contribution is 2.19. The fourth-order valence-corrected chi connectivity index (χ4v) is 4.19. The van der Waals surface area contributed by atoms with Gasteiger partial charge in [0.25, 0.3) is 0 Å². The molecule has 0 spiro atoms. The summed E-state index contributed by atoms with van der Waals surface area (Å²) in [5.74, 6) is 1.53. The Hall–Kier alpha value is -0.610. The van der Waals surface area contributed by atoms with Crippen LogP contribution in [0.2, 0.25) is 0 Å². The number of hydrogen-bond acceptors (Lipinski definition) is 4. The van der Waals surface area contributed by atoms with Crippen LogP contribution in [0.25, 0.3) is 0 Å². The highest BCUT2D eigenvalue weighted by atomic mass is 127. The number of likely N-dealkylation sites (tertiary alicyclic amines) is 2. The number of piperidine rings is 1. The Bertz CT molecular complexity index is 507. The Labute approximate surface area is 194 Å². The van der Waals surface area contributed by atoms with Crippen molar-refractivity contribution in [3.05, 3.63) is 0 Å². The van der Waals surface area contributed by atoms with Crippen LogP contribution in [0, 0.1) is 11.8 Å². The van der Waals surface area contributed by atoms with Crippen LogP contribution in [0.5, 0.6) is 0 Å². The molecule has 2 atom stereocenters. The average Bonchev–Trinajstić information content (AvgIpc) is 3.03. The summed E-state index contributed by atoms with van der Waals surface area (Å²) in [6, 6.07) is 1.06. The quantitative estimate of drug-likeness (QED) is 0.186. The molecule has 2 unspecified atom stereocenters. The lowest BCUT2D eigenvalue weighted by Crippen LogP contribution is -2.46. The number of aliphatic imine (C=N–C) groups is 1. The number of carbonyl (C=O) groups is 1. The van der Waals surface area contributed by atoms with Crippen LogP contribution in [0.3, 0.4) is 0 Å². The third-order valence-electron chi connectivity index (χ3n) is 6.18. The van der Waals surface area contributed by atoms with E-state index in [1.54, 1.807) is 0 Å². The Balaban J connectivity index is 0.00000420. The molecule has 0 aromatic heterocycles. The van der Waals surface area contributed by atoms with Crippen LogP contribution in [0.1, 0.15) is 53.4 Å². The number of carbonyl (C=O) groups excluding carboxylic acids is 1. The SMILES string of the molecule is CCNC(=NCCCCN1CCC(C(N)=O)CC1)NC1CN(C(C)C)CC1C.I. The first-order chi connectivity index (χ1) is 13.4. The van der Waals surface area contributed by atoms with Crippen molar-refractivity contribution >= 4 is 35.8 Å². The van der Waals surface area contributed by atoms with Crippen molar-refractivity contribution in [1.82, 2.24) is 20.4 Å². The number of hydrogen-bond donors (Lipinski definition) is 3. The maximum Gasteiger partial charge on any atom is 0.220 e. The number of nitrogens with zero attached hydrogens (tertiary/aromatic N) is 3. The van der Waals surface area contributed by atoms with Crippen molar-refractivity contribution in [3.63, 3.8) is 0 Å². The van der Waals surface area contributed by atoms with E-state index in [0.717, 1.165) is 77.5 Å². The average molecular weight is 523 g/mol. The van der Waals surface area contributed by atoms with E-state index in [0.29, 0.717) is 18.0 Å². The van der Waals surface area contributed by atoms with Gasteiger partial charge in [0.2, 0.25) is 5.91 Å². The van der Waals surface area contributed by atoms with Gasteiger partial charge in [-0.25, -0.2) is 0 Å². The third kappa shape index (κ3) is 8.96. The predicted molar refractivity (Wildman–Crippen MR) is 132 cm³/mol. The molecular weight excluding hydrogens is 479 g/mol. The Morgan fingerprint density at radius 2 is 1.90 bits per heavy atom. The van der Waals surface area contributed by atoms with Gasteiger partial charge in [-0.2, -0.15) is 0 Å². The van der Waals surface area contributed by atoms with Crippen LogP contribution in [-0.4, -0.2) is 79.6 Å². The van der Waals surface area contributed by atoms with Gasteiger partial charge in [-0.05, 0) is 72.0 Å². The first-order valence-electron chi connectivity index (χ1n) is 11.2. The van der Waals surface area contributed by atoms with Crippen LogP contribution >= 0.6 is 24.0 Å².